The van der Waals surface area contributed by atoms with E-state index in [0.717, 1.165) is 16.0 Å². The molecule has 0 unspecified atom stereocenters. The Morgan fingerprint density at radius 2 is 1.70 bits per heavy atom. The van der Waals surface area contributed by atoms with E-state index in [9.17, 15) is 9.65 Å². The number of hydrogen-bond donors (Lipinski definition) is 0. The summed E-state index contributed by atoms with van der Waals surface area (Å²) in [6.45, 7) is 2.03. The van der Waals surface area contributed by atoms with Crippen LogP contribution in [0.5, 0.6) is 0 Å². The largest absolute Gasteiger partial charge is 0.248 e. The maximum atomic E-state index is 13.1. The standard InChI is InChI=1S/C19H13FN2S/c1-13-2-8-16(9-3-13)23-19-18(12-21)17(10-11-22-19)14-4-6-15(20)7-5-14/h2-11H,1H3. The third-order valence-corrected chi connectivity index (χ3v) is 4.43. The zero-order valence-corrected chi connectivity index (χ0v) is 13.3. The number of benzene rings is 2. The summed E-state index contributed by atoms with van der Waals surface area (Å²) in [5.74, 6) is -0.296. The topological polar surface area (TPSA) is 36.7 Å². The molecular weight excluding hydrogens is 307 g/mol. The Hall–Kier alpha value is -2.64. The van der Waals surface area contributed by atoms with Crippen LogP contribution in [0.15, 0.2) is 70.7 Å². The van der Waals surface area contributed by atoms with Crippen LogP contribution in [0, 0.1) is 24.1 Å². The Bertz CT molecular complexity index is 865. The molecular formula is C19H13FN2S. The van der Waals surface area contributed by atoms with Crippen molar-refractivity contribution in [2.45, 2.75) is 16.8 Å². The summed E-state index contributed by atoms with van der Waals surface area (Å²) in [6.07, 6.45) is 1.68. The van der Waals surface area contributed by atoms with Gasteiger partial charge in [0.25, 0.3) is 0 Å². The minimum atomic E-state index is -0.296. The zero-order valence-electron chi connectivity index (χ0n) is 12.5. The minimum Gasteiger partial charge on any atom is -0.248 e. The lowest BCUT2D eigenvalue weighted by Gasteiger charge is -2.09. The summed E-state index contributed by atoms with van der Waals surface area (Å²) in [5, 5.41) is 10.2. The molecule has 0 N–H and O–H groups in total. The molecule has 0 aliphatic carbocycles. The van der Waals surface area contributed by atoms with Crippen molar-refractivity contribution in [2.75, 3.05) is 0 Å². The van der Waals surface area contributed by atoms with Crippen molar-refractivity contribution in [3.05, 3.63) is 77.7 Å². The number of pyridine rings is 1. The van der Waals surface area contributed by atoms with Gasteiger partial charge in [-0.3, -0.25) is 0 Å². The summed E-state index contributed by atoms with van der Waals surface area (Å²) < 4.78 is 13.1. The minimum absolute atomic E-state index is 0.296. The normalized spacial score (nSPS) is 10.3. The number of halogens is 1. The Morgan fingerprint density at radius 3 is 2.35 bits per heavy atom. The molecule has 3 aromatic rings. The molecule has 0 saturated carbocycles. The van der Waals surface area contributed by atoms with E-state index in [1.165, 1.54) is 29.5 Å². The van der Waals surface area contributed by atoms with E-state index < -0.39 is 0 Å². The summed E-state index contributed by atoms with van der Waals surface area (Å²) in [5.41, 5.74) is 3.25. The van der Waals surface area contributed by atoms with Crippen LogP contribution >= 0.6 is 11.8 Å². The van der Waals surface area contributed by atoms with Crippen LogP contribution in [0.3, 0.4) is 0 Å². The Labute approximate surface area is 138 Å². The molecule has 1 heterocycles. The fourth-order valence-corrected chi connectivity index (χ4v) is 3.08. The van der Waals surface area contributed by atoms with Gasteiger partial charge >= 0.3 is 0 Å². The first-order valence-electron chi connectivity index (χ1n) is 7.07. The summed E-state index contributed by atoms with van der Waals surface area (Å²) in [6, 6.07) is 18.2. The lowest BCUT2D eigenvalue weighted by molar-refractivity contribution is 0.628. The number of nitrogens with zero attached hydrogens (tertiary/aromatic N) is 2. The number of rotatable bonds is 3. The van der Waals surface area contributed by atoms with E-state index >= 15 is 0 Å². The highest BCUT2D eigenvalue weighted by Crippen LogP contribution is 2.33. The fraction of sp³-hybridized carbons (Fsp3) is 0.0526. The van der Waals surface area contributed by atoms with Gasteiger partial charge in [-0.25, -0.2) is 9.37 Å². The second-order valence-corrected chi connectivity index (χ2v) is 6.13. The van der Waals surface area contributed by atoms with E-state index in [0.29, 0.717) is 10.6 Å². The van der Waals surface area contributed by atoms with Crippen molar-refractivity contribution < 1.29 is 4.39 Å². The van der Waals surface area contributed by atoms with Crippen molar-refractivity contribution >= 4 is 11.8 Å². The molecule has 1 aromatic heterocycles. The molecule has 2 aromatic carbocycles. The first-order valence-corrected chi connectivity index (χ1v) is 7.88. The molecule has 3 rings (SSSR count). The number of aromatic nitrogens is 1. The summed E-state index contributed by atoms with van der Waals surface area (Å²) >= 11 is 1.45. The van der Waals surface area contributed by atoms with Gasteiger partial charge in [-0.1, -0.05) is 41.6 Å². The van der Waals surface area contributed by atoms with E-state index in [1.807, 2.05) is 31.2 Å². The second kappa shape index (κ2) is 6.64. The summed E-state index contributed by atoms with van der Waals surface area (Å²) in [7, 11) is 0. The molecule has 0 aliphatic heterocycles. The summed E-state index contributed by atoms with van der Waals surface area (Å²) in [4.78, 5) is 5.36. The third kappa shape index (κ3) is 3.41. The Kier molecular flexibility index (Phi) is 4.40. The van der Waals surface area contributed by atoms with Gasteiger partial charge in [0.2, 0.25) is 0 Å². The Balaban J connectivity index is 2.02. The van der Waals surface area contributed by atoms with E-state index in [-0.39, 0.29) is 5.82 Å². The lowest BCUT2D eigenvalue weighted by atomic mass is 10.0. The van der Waals surface area contributed by atoms with Gasteiger partial charge in [0.1, 0.15) is 16.9 Å². The van der Waals surface area contributed by atoms with Crippen LogP contribution < -0.4 is 0 Å². The van der Waals surface area contributed by atoms with Crippen molar-refractivity contribution in [2.24, 2.45) is 0 Å². The molecule has 0 aliphatic rings. The highest BCUT2D eigenvalue weighted by molar-refractivity contribution is 7.99. The molecule has 23 heavy (non-hydrogen) atoms. The number of aryl methyl sites for hydroxylation is 1. The zero-order chi connectivity index (χ0) is 16.2. The molecule has 0 amide bonds. The average molecular weight is 320 g/mol. The van der Waals surface area contributed by atoms with Gasteiger partial charge in [-0.05, 0) is 42.8 Å². The smallest absolute Gasteiger partial charge is 0.123 e. The monoisotopic (exact) mass is 320 g/mol. The first-order chi connectivity index (χ1) is 11.2. The van der Waals surface area contributed by atoms with Gasteiger partial charge in [-0.2, -0.15) is 5.26 Å². The number of hydrogen-bond acceptors (Lipinski definition) is 3. The maximum Gasteiger partial charge on any atom is 0.123 e. The average Bonchev–Trinajstić information content (AvgIpc) is 2.57. The maximum absolute atomic E-state index is 13.1. The van der Waals surface area contributed by atoms with Gasteiger partial charge in [0, 0.05) is 16.7 Å². The van der Waals surface area contributed by atoms with Crippen LogP contribution in [0.2, 0.25) is 0 Å². The molecule has 0 saturated heterocycles. The van der Waals surface area contributed by atoms with Gasteiger partial charge in [-0.15, -0.1) is 0 Å². The molecule has 0 fully saturated rings. The fourth-order valence-electron chi connectivity index (χ4n) is 2.22. The van der Waals surface area contributed by atoms with Crippen molar-refractivity contribution in [1.29, 1.82) is 5.26 Å². The molecule has 0 atom stereocenters. The molecule has 2 nitrogen and oxygen atoms in total. The quantitative estimate of drug-likeness (QED) is 0.664. The highest BCUT2D eigenvalue weighted by atomic mass is 32.2. The van der Waals surface area contributed by atoms with Crippen molar-refractivity contribution in [3.63, 3.8) is 0 Å². The van der Waals surface area contributed by atoms with Crippen LogP contribution in [0.1, 0.15) is 11.1 Å². The molecule has 0 bridgehead atoms. The third-order valence-electron chi connectivity index (χ3n) is 3.42. The van der Waals surface area contributed by atoms with Gasteiger partial charge < -0.3 is 0 Å². The molecule has 0 radical (unpaired) electrons. The molecule has 4 heteroatoms. The van der Waals surface area contributed by atoms with Crippen LogP contribution in [0.25, 0.3) is 11.1 Å². The lowest BCUT2D eigenvalue weighted by Crippen LogP contribution is -1.91. The van der Waals surface area contributed by atoms with Crippen LogP contribution in [-0.2, 0) is 0 Å². The van der Waals surface area contributed by atoms with Gasteiger partial charge in [0.05, 0.1) is 5.56 Å². The second-order valence-electron chi connectivity index (χ2n) is 5.07. The SMILES string of the molecule is Cc1ccc(Sc2nccc(-c3ccc(F)cc3)c2C#N)cc1. The van der Waals surface area contributed by atoms with Crippen molar-refractivity contribution in [3.8, 4) is 17.2 Å². The Morgan fingerprint density at radius 1 is 1.00 bits per heavy atom. The first kappa shape index (κ1) is 15.3. The van der Waals surface area contributed by atoms with Gasteiger partial charge in [0.15, 0.2) is 0 Å². The van der Waals surface area contributed by atoms with E-state index in [2.05, 4.69) is 11.1 Å². The van der Waals surface area contributed by atoms with E-state index in [4.69, 9.17) is 0 Å². The molecule has 112 valence electrons. The number of nitriles is 1. The highest BCUT2D eigenvalue weighted by Gasteiger charge is 2.12. The van der Waals surface area contributed by atoms with Crippen LogP contribution in [0.4, 0.5) is 4.39 Å². The van der Waals surface area contributed by atoms with Crippen molar-refractivity contribution in [1.82, 2.24) is 4.98 Å². The predicted octanol–water partition coefficient (Wildman–Crippen LogP) is 5.22. The predicted molar refractivity (Wildman–Crippen MR) is 89.6 cm³/mol. The van der Waals surface area contributed by atoms with E-state index in [1.54, 1.807) is 24.4 Å². The molecule has 0 spiro atoms. The van der Waals surface area contributed by atoms with Crippen LogP contribution in [-0.4, -0.2) is 4.98 Å².